The van der Waals surface area contributed by atoms with Crippen LogP contribution in [0, 0.1) is 0 Å². The number of nitrogens with zero attached hydrogens (tertiary/aromatic N) is 1. The van der Waals surface area contributed by atoms with E-state index in [-0.39, 0.29) is 0 Å². The second kappa shape index (κ2) is 6.73. The van der Waals surface area contributed by atoms with E-state index >= 15 is 0 Å². The fraction of sp³-hybridized carbons (Fsp3) is 0.571. The lowest BCUT2D eigenvalue weighted by molar-refractivity contribution is -0.0182. The lowest BCUT2D eigenvalue weighted by Crippen LogP contribution is -2.44. The highest BCUT2D eigenvalue weighted by Crippen LogP contribution is 2.12. The van der Waals surface area contributed by atoms with Crippen LogP contribution < -0.4 is 10.1 Å². The quantitative estimate of drug-likeness (QED) is 0.849. The molecular weight excluding hydrogens is 228 g/mol. The molecule has 1 fully saturated rings. The van der Waals surface area contributed by atoms with E-state index < -0.39 is 0 Å². The highest BCUT2D eigenvalue weighted by molar-refractivity contribution is 5.28. The maximum absolute atomic E-state index is 5.70. The first-order valence-corrected chi connectivity index (χ1v) is 6.41. The van der Waals surface area contributed by atoms with Crippen LogP contribution in [0.3, 0.4) is 0 Å². The van der Waals surface area contributed by atoms with E-state index in [4.69, 9.17) is 9.47 Å². The molecule has 0 amide bonds. The molecule has 1 atom stereocenters. The molecule has 100 valence electrons. The van der Waals surface area contributed by atoms with Gasteiger partial charge in [-0.05, 0) is 24.7 Å². The minimum atomic E-state index is 0.300. The second-order valence-corrected chi connectivity index (χ2v) is 4.74. The minimum Gasteiger partial charge on any atom is -0.497 e. The van der Waals surface area contributed by atoms with Crippen molar-refractivity contribution in [2.75, 3.05) is 40.4 Å². The van der Waals surface area contributed by atoms with E-state index in [9.17, 15) is 0 Å². The molecule has 1 aliphatic heterocycles. The van der Waals surface area contributed by atoms with Crippen molar-refractivity contribution in [3.8, 4) is 5.75 Å². The van der Waals surface area contributed by atoms with Gasteiger partial charge in [0.15, 0.2) is 0 Å². The third kappa shape index (κ3) is 3.98. The maximum Gasteiger partial charge on any atom is 0.119 e. The fourth-order valence-electron chi connectivity index (χ4n) is 2.15. The number of rotatable bonds is 5. The SMILES string of the molecule is COc1cccc(CNC[C@@H]2CN(C)CCO2)c1. The van der Waals surface area contributed by atoms with Crippen LogP contribution in [0.4, 0.5) is 0 Å². The molecule has 0 spiro atoms. The molecule has 0 aromatic heterocycles. The van der Waals surface area contributed by atoms with E-state index in [0.717, 1.165) is 38.5 Å². The summed E-state index contributed by atoms with van der Waals surface area (Å²) in [7, 11) is 3.83. The lowest BCUT2D eigenvalue weighted by Gasteiger charge is -2.30. The monoisotopic (exact) mass is 250 g/mol. The molecule has 2 rings (SSSR count). The van der Waals surface area contributed by atoms with Gasteiger partial charge in [0.05, 0.1) is 19.8 Å². The van der Waals surface area contributed by atoms with Crippen molar-refractivity contribution >= 4 is 0 Å². The van der Waals surface area contributed by atoms with Crippen molar-refractivity contribution in [2.24, 2.45) is 0 Å². The van der Waals surface area contributed by atoms with Gasteiger partial charge in [-0.1, -0.05) is 12.1 Å². The van der Waals surface area contributed by atoms with Crippen LogP contribution in [0.25, 0.3) is 0 Å². The van der Waals surface area contributed by atoms with Gasteiger partial charge in [-0.3, -0.25) is 0 Å². The Morgan fingerprint density at radius 2 is 2.39 bits per heavy atom. The Labute approximate surface area is 109 Å². The zero-order valence-electron chi connectivity index (χ0n) is 11.2. The minimum absolute atomic E-state index is 0.300. The summed E-state index contributed by atoms with van der Waals surface area (Å²) in [6.45, 7) is 4.61. The highest BCUT2D eigenvalue weighted by Gasteiger charge is 2.16. The van der Waals surface area contributed by atoms with Gasteiger partial charge >= 0.3 is 0 Å². The van der Waals surface area contributed by atoms with E-state index in [1.807, 2.05) is 12.1 Å². The topological polar surface area (TPSA) is 33.7 Å². The van der Waals surface area contributed by atoms with Crippen LogP contribution in [0.5, 0.6) is 5.75 Å². The molecule has 0 bridgehead atoms. The Hall–Kier alpha value is -1.10. The van der Waals surface area contributed by atoms with Crippen molar-refractivity contribution in [3.05, 3.63) is 29.8 Å². The van der Waals surface area contributed by atoms with Crippen molar-refractivity contribution < 1.29 is 9.47 Å². The zero-order valence-corrected chi connectivity index (χ0v) is 11.2. The summed E-state index contributed by atoms with van der Waals surface area (Å²) in [5, 5.41) is 3.44. The van der Waals surface area contributed by atoms with E-state index in [1.54, 1.807) is 7.11 Å². The number of nitrogens with one attached hydrogen (secondary N) is 1. The molecular formula is C14H22N2O2. The molecule has 0 unspecified atom stereocenters. The van der Waals surface area contributed by atoms with Crippen molar-refractivity contribution in [1.82, 2.24) is 10.2 Å². The average molecular weight is 250 g/mol. The Morgan fingerprint density at radius 3 is 3.17 bits per heavy atom. The molecule has 1 N–H and O–H groups in total. The van der Waals surface area contributed by atoms with E-state index in [1.165, 1.54) is 5.56 Å². The predicted octanol–water partition coefficient (Wildman–Crippen LogP) is 1.12. The number of methoxy groups -OCH3 is 1. The summed E-state index contributed by atoms with van der Waals surface area (Å²) in [6, 6.07) is 8.13. The second-order valence-electron chi connectivity index (χ2n) is 4.74. The van der Waals surface area contributed by atoms with E-state index in [2.05, 4.69) is 29.4 Å². The molecule has 1 saturated heterocycles. The highest BCUT2D eigenvalue weighted by atomic mass is 16.5. The fourth-order valence-corrected chi connectivity index (χ4v) is 2.15. The summed E-state index contributed by atoms with van der Waals surface area (Å²) in [5.41, 5.74) is 1.23. The molecule has 18 heavy (non-hydrogen) atoms. The van der Waals surface area contributed by atoms with Crippen LogP contribution in [-0.4, -0.2) is 51.4 Å². The van der Waals surface area contributed by atoms with Crippen molar-refractivity contribution in [3.63, 3.8) is 0 Å². The van der Waals surface area contributed by atoms with Crippen LogP contribution in [0.15, 0.2) is 24.3 Å². The van der Waals surface area contributed by atoms with Crippen LogP contribution in [-0.2, 0) is 11.3 Å². The number of hydrogen-bond donors (Lipinski definition) is 1. The van der Waals surface area contributed by atoms with Crippen molar-refractivity contribution in [1.29, 1.82) is 0 Å². The molecule has 0 aliphatic carbocycles. The molecule has 1 heterocycles. The first kappa shape index (κ1) is 13.3. The van der Waals surface area contributed by atoms with Crippen LogP contribution in [0.2, 0.25) is 0 Å². The third-order valence-corrected chi connectivity index (χ3v) is 3.18. The smallest absolute Gasteiger partial charge is 0.119 e. The Bertz CT molecular complexity index is 371. The summed E-state index contributed by atoms with van der Waals surface area (Å²) in [6.07, 6.45) is 0.300. The van der Waals surface area contributed by atoms with Gasteiger partial charge in [-0.15, -0.1) is 0 Å². The van der Waals surface area contributed by atoms with Gasteiger partial charge in [0, 0.05) is 26.2 Å². The van der Waals surface area contributed by atoms with E-state index in [0.29, 0.717) is 6.10 Å². The Kier molecular flexibility index (Phi) is 4.99. The van der Waals surface area contributed by atoms with Gasteiger partial charge in [0.25, 0.3) is 0 Å². The first-order valence-electron chi connectivity index (χ1n) is 6.41. The molecule has 4 heteroatoms. The Balaban J connectivity index is 1.74. The number of likely N-dealkylation sites (N-methyl/N-ethyl adjacent to an activating group) is 1. The van der Waals surface area contributed by atoms with Crippen LogP contribution in [0.1, 0.15) is 5.56 Å². The normalized spacial score (nSPS) is 20.9. The van der Waals surface area contributed by atoms with Gasteiger partial charge in [0.2, 0.25) is 0 Å². The van der Waals surface area contributed by atoms with Gasteiger partial charge in [-0.2, -0.15) is 0 Å². The average Bonchev–Trinajstić information content (AvgIpc) is 2.39. The molecule has 0 saturated carbocycles. The predicted molar refractivity (Wildman–Crippen MR) is 71.9 cm³/mol. The standard InChI is InChI=1S/C14H22N2O2/c1-16-6-7-18-14(11-16)10-15-9-12-4-3-5-13(8-12)17-2/h3-5,8,14-15H,6-7,9-11H2,1-2H3/t14-/m1/s1. The summed E-state index contributed by atoms with van der Waals surface area (Å²) in [4.78, 5) is 2.31. The molecule has 1 aromatic carbocycles. The number of morpholine rings is 1. The zero-order chi connectivity index (χ0) is 12.8. The lowest BCUT2D eigenvalue weighted by atomic mass is 10.2. The first-order chi connectivity index (χ1) is 8.78. The molecule has 1 aromatic rings. The number of benzene rings is 1. The summed E-state index contributed by atoms with van der Waals surface area (Å²) >= 11 is 0. The Morgan fingerprint density at radius 1 is 1.50 bits per heavy atom. The summed E-state index contributed by atoms with van der Waals surface area (Å²) < 4.78 is 10.9. The largest absolute Gasteiger partial charge is 0.497 e. The molecule has 4 nitrogen and oxygen atoms in total. The third-order valence-electron chi connectivity index (χ3n) is 3.18. The van der Waals surface area contributed by atoms with Crippen LogP contribution >= 0.6 is 0 Å². The van der Waals surface area contributed by atoms with Gasteiger partial charge < -0.3 is 19.7 Å². The number of ether oxygens (including phenoxy) is 2. The molecule has 1 aliphatic rings. The van der Waals surface area contributed by atoms with Crippen molar-refractivity contribution in [2.45, 2.75) is 12.6 Å². The van der Waals surface area contributed by atoms with Gasteiger partial charge in [-0.25, -0.2) is 0 Å². The summed E-state index contributed by atoms with van der Waals surface area (Å²) in [5.74, 6) is 0.906. The maximum atomic E-state index is 5.70. The molecule has 0 radical (unpaired) electrons. The van der Waals surface area contributed by atoms with Gasteiger partial charge in [0.1, 0.15) is 5.75 Å². The number of hydrogen-bond acceptors (Lipinski definition) is 4.